The number of ketones is 2. The zero-order valence-electron chi connectivity index (χ0n) is 22.7. The molecule has 0 bridgehead atoms. The third-order valence-electron chi connectivity index (χ3n) is 8.80. The summed E-state index contributed by atoms with van der Waals surface area (Å²) in [4.78, 5) is 55.7. The maximum Gasteiger partial charge on any atom is 0.233 e. The lowest BCUT2D eigenvalue weighted by Crippen LogP contribution is -2.40. The first-order chi connectivity index (χ1) is 19.8. The number of hydrogen-bond donors (Lipinski definition) is 2. The van der Waals surface area contributed by atoms with Crippen LogP contribution in [0.3, 0.4) is 0 Å². The molecule has 6 rings (SSSR count). The summed E-state index contributed by atoms with van der Waals surface area (Å²) in [5.74, 6) is -2.41. The number of carbonyl (C=O) groups excluding carboxylic acids is 4. The van der Waals surface area contributed by atoms with E-state index in [1.165, 1.54) is 11.0 Å². The third kappa shape index (κ3) is 4.52. The van der Waals surface area contributed by atoms with Gasteiger partial charge in [0, 0.05) is 34.7 Å². The number of nitrogens with zero attached hydrogens (tertiary/aromatic N) is 1. The number of aliphatic hydroxyl groups excluding tert-OH is 1. The number of aliphatic hydroxyl groups is 1. The molecule has 0 unspecified atom stereocenters. The van der Waals surface area contributed by atoms with Crippen molar-refractivity contribution in [3.63, 3.8) is 0 Å². The molecule has 4 aliphatic rings. The van der Waals surface area contributed by atoms with E-state index < -0.39 is 23.7 Å². The molecule has 2 N–H and O–H groups in total. The van der Waals surface area contributed by atoms with Crippen LogP contribution in [0.25, 0.3) is 0 Å². The summed E-state index contributed by atoms with van der Waals surface area (Å²) in [6.45, 7) is 1.75. The molecule has 1 aliphatic heterocycles. The van der Waals surface area contributed by atoms with Crippen LogP contribution < -0.4 is 4.74 Å². The third-order valence-corrected chi connectivity index (χ3v) is 8.80. The van der Waals surface area contributed by atoms with E-state index in [0.717, 1.165) is 11.1 Å². The Labute approximate surface area is 237 Å². The fourth-order valence-electron chi connectivity index (χ4n) is 6.91. The van der Waals surface area contributed by atoms with Crippen molar-refractivity contribution in [1.82, 2.24) is 4.90 Å². The number of para-hydroxylation sites is 1. The number of phenolic OH excluding ortho intramolecular Hbond substituents is 1. The van der Waals surface area contributed by atoms with Gasteiger partial charge in [0.05, 0.1) is 18.4 Å². The van der Waals surface area contributed by atoms with Crippen LogP contribution in [0.2, 0.25) is 0 Å². The van der Waals surface area contributed by atoms with Gasteiger partial charge in [0.2, 0.25) is 11.8 Å². The number of hydrogen-bond acceptors (Lipinski definition) is 7. The molecule has 0 spiro atoms. The smallest absolute Gasteiger partial charge is 0.233 e. The van der Waals surface area contributed by atoms with E-state index in [2.05, 4.69) is 0 Å². The largest absolute Gasteiger partial charge is 0.508 e. The first-order valence-corrected chi connectivity index (χ1v) is 14.0. The standard InChI is InChI=1S/C33H31NO7/c1-18-16-26(37)25-17-24-21(28(30(25)31(18)38)22-4-2-3-5-27(22)41-15-14-35)10-11-23-29(24)33(40)34(32(23)39)13-12-19-6-8-20(36)9-7-19/h2-10,16,23-24,28-29,35-36H,11-15,17H2,1H3/t23-,24+,28+,29-/m0/s1. The molecular formula is C33H31NO7. The van der Waals surface area contributed by atoms with Crippen molar-refractivity contribution < 1.29 is 34.1 Å². The number of carbonyl (C=O) groups is 4. The van der Waals surface area contributed by atoms with E-state index in [1.807, 2.05) is 18.2 Å². The van der Waals surface area contributed by atoms with Gasteiger partial charge < -0.3 is 14.9 Å². The quantitative estimate of drug-likeness (QED) is 0.306. The second-order valence-corrected chi connectivity index (χ2v) is 11.1. The Balaban J connectivity index is 1.39. The van der Waals surface area contributed by atoms with Gasteiger partial charge in [0.1, 0.15) is 18.1 Å². The van der Waals surface area contributed by atoms with E-state index in [1.54, 1.807) is 43.3 Å². The normalized spacial score (nSPS) is 25.5. The summed E-state index contributed by atoms with van der Waals surface area (Å²) in [6, 6.07) is 14.0. The number of likely N-dealkylation sites (tertiary alicyclic amines) is 1. The molecule has 2 aromatic rings. The molecular weight excluding hydrogens is 522 g/mol. The van der Waals surface area contributed by atoms with Crippen LogP contribution in [-0.2, 0) is 25.6 Å². The Hall–Kier alpha value is -4.30. The average Bonchev–Trinajstić information content (AvgIpc) is 3.22. The van der Waals surface area contributed by atoms with E-state index >= 15 is 0 Å². The molecule has 1 fully saturated rings. The number of imide groups is 1. The first-order valence-electron chi connectivity index (χ1n) is 14.0. The molecule has 1 heterocycles. The molecule has 1 saturated heterocycles. The molecule has 4 atom stereocenters. The van der Waals surface area contributed by atoms with Crippen LogP contribution in [0.5, 0.6) is 11.5 Å². The Morgan fingerprint density at radius 2 is 1.73 bits per heavy atom. The van der Waals surface area contributed by atoms with Gasteiger partial charge in [-0.05, 0) is 61.9 Å². The minimum absolute atomic E-state index is 0.0671. The van der Waals surface area contributed by atoms with Crippen LogP contribution in [-0.4, -0.2) is 58.3 Å². The highest BCUT2D eigenvalue weighted by atomic mass is 16.5. The SMILES string of the molecule is CC1=CC(=O)C2=C(C1=O)[C@@H](c1ccccc1OCCO)C1=CC[C@@H]3C(=O)N(CCc4ccc(O)cc4)C(=O)[C@@H]3[C@@H]1C2. The van der Waals surface area contributed by atoms with E-state index in [4.69, 9.17) is 4.74 Å². The van der Waals surface area contributed by atoms with Gasteiger partial charge in [-0.15, -0.1) is 0 Å². The van der Waals surface area contributed by atoms with Gasteiger partial charge in [-0.25, -0.2) is 0 Å². The lowest BCUT2D eigenvalue weighted by molar-refractivity contribution is -0.140. The van der Waals surface area contributed by atoms with E-state index in [9.17, 15) is 29.4 Å². The van der Waals surface area contributed by atoms with Crippen LogP contribution in [0.15, 0.2) is 83.0 Å². The lowest BCUT2D eigenvalue weighted by Gasteiger charge is -2.42. The summed E-state index contributed by atoms with van der Waals surface area (Å²) in [5.41, 5.74) is 3.64. The van der Waals surface area contributed by atoms with Gasteiger partial charge in [-0.3, -0.25) is 24.1 Å². The number of amides is 2. The maximum absolute atomic E-state index is 13.9. The zero-order valence-corrected chi connectivity index (χ0v) is 22.7. The topological polar surface area (TPSA) is 121 Å². The van der Waals surface area contributed by atoms with Crippen molar-refractivity contribution in [3.8, 4) is 11.5 Å². The number of phenols is 1. The molecule has 0 radical (unpaired) electrons. The molecule has 8 nitrogen and oxygen atoms in total. The van der Waals surface area contributed by atoms with Crippen LogP contribution in [0.4, 0.5) is 0 Å². The molecule has 41 heavy (non-hydrogen) atoms. The Kier molecular flexibility index (Phi) is 6.95. The number of ether oxygens (including phenoxy) is 1. The van der Waals surface area contributed by atoms with Crippen LogP contribution in [0, 0.1) is 17.8 Å². The number of benzene rings is 2. The predicted octanol–water partition coefficient (Wildman–Crippen LogP) is 3.44. The van der Waals surface area contributed by atoms with Gasteiger partial charge >= 0.3 is 0 Å². The fraction of sp³-hybridized carbons (Fsp3) is 0.333. The van der Waals surface area contributed by atoms with Crippen molar-refractivity contribution in [1.29, 1.82) is 0 Å². The van der Waals surface area contributed by atoms with Crippen LogP contribution >= 0.6 is 0 Å². The summed E-state index contributed by atoms with van der Waals surface area (Å²) in [5, 5.41) is 19.0. The lowest BCUT2D eigenvalue weighted by atomic mass is 9.59. The Morgan fingerprint density at radius 1 is 0.976 bits per heavy atom. The molecule has 0 aromatic heterocycles. The molecule has 8 heteroatoms. The van der Waals surface area contributed by atoms with Gasteiger partial charge in [-0.1, -0.05) is 42.0 Å². The fourth-order valence-corrected chi connectivity index (χ4v) is 6.91. The highest BCUT2D eigenvalue weighted by Gasteiger charge is 2.56. The zero-order chi connectivity index (χ0) is 28.8. The van der Waals surface area contributed by atoms with E-state index in [0.29, 0.717) is 40.9 Å². The van der Waals surface area contributed by atoms with Crippen LogP contribution in [0.1, 0.15) is 36.8 Å². The second-order valence-electron chi connectivity index (χ2n) is 11.1. The molecule has 3 aliphatic carbocycles. The number of allylic oxidation sites excluding steroid dienone is 6. The molecule has 2 amide bonds. The summed E-state index contributed by atoms with van der Waals surface area (Å²) < 4.78 is 5.86. The van der Waals surface area contributed by atoms with Gasteiger partial charge in [0.25, 0.3) is 0 Å². The minimum atomic E-state index is -0.626. The van der Waals surface area contributed by atoms with Crippen molar-refractivity contribution in [3.05, 3.63) is 94.1 Å². The molecule has 2 aromatic carbocycles. The molecule has 210 valence electrons. The summed E-state index contributed by atoms with van der Waals surface area (Å²) >= 11 is 0. The number of Topliss-reactive ketones (excluding diaryl/α,β-unsaturated/α-hetero) is 1. The average molecular weight is 554 g/mol. The summed E-state index contributed by atoms with van der Waals surface area (Å²) in [7, 11) is 0. The number of fused-ring (bicyclic) bond motifs is 3. The maximum atomic E-state index is 13.9. The van der Waals surface area contributed by atoms with Crippen molar-refractivity contribution in [2.45, 2.75) is 32.1 Å². The number of rotatable bonds is 7. The monoisotopic (exact) mass is 553 g/mol. The van der Waals surface area contributed by atoms with Gasteiger partial charge in [0.15, 0.2) is 11.6 Å². The van der Waals surface area contributed by atoms with Crippen molar-refractivity contribution >= 4 is 23.4 Å². The number of aromatic hydroxyl groups is 1. The highest BCUT2D eigenvalue weighted by Crippen LogP contribution is 2.56. The highest BCUT2D eigenvalue weighted by molar-refractivity contribution is 6.24. The summed E-state index contributed by atoms with van der Waals surface area (Å²) in [6.07, 6.45) is 4.41. The van der Waals surface area contributed by atoms with E-state index in [-0.39, 0.29) is 55.3 Å². The minimum Gasteiger partial charge on any atom is -0.508 e. The van der Waals surface area contributed by atoms with Crippen molar-refractivity contribution in [2.75, 3.05) is 19.8 Å². The molecule has 0 saturated carbocycles. The first kappa shape index (κ1) is 26.9. The predicted molar refractivity (Wildman–Crippen MR) is 149 cm³/mol. The Bertz CT molecular complexity index is 1550. The second kappa shape index (κ2) is 10.6. The Morgan fingerprint density at radius 3 is 2.49 bits per heavy atom. The van der Waals surface area contributed by atoms with Gasteiger partial charge in [-0.2, -0.15) is 0 Å². The van der Waals surface area contributed by atoms with Crippen molar-refractivity contribution in [2.24, 2.45) is 17.8 Å².